The van der Waals surface area contributed by atoms with Crippen LogP contribution in [-0.4, -0.2) is 39.2 Å². The maximum atomic E-state index is 11.0. The van der Waals surface area contributed by atoms with Crippen molar-refractivity contribution in [2.75, 3.05) is 27.2 Å². The number of carbonyl (C=O) groups is 1. The number of carbonyl (C=O) groups excluding carboxylic acids is 1. The van der Waals surface area contributed by atoms with E-state index < -0.39 is 0 Å². The van der Waals surface area contributed by atoms with Gasteiger partial charge >= 0.3 is 5.97 Å². The van der Waals surface area contributed by atoms with Crippen LogP contribution in [0.4, 0.5) is 0 Å². The Morgan fingerprint density at radius 3 is 2.43 bits per heavy atom. The third kappa shape index (κ3) is 7.71. The predicted octanol–water partition coefficient (Wildman–Crippen LogP) is 3.25. The first kappa shape index (κ1) is 19.8. The lowest BCUT2D eigenvalue weighted by molar-refractivity contribution is -0.140. The largest absolute Gasteiger partial charge is 0.469 e. The molecule has 0 spiro atoms. The zero-order chi connectivity index (χ0) is 17.0. The number of hydrogen-bond donors (Lipinski definition) is 2. The van der Waals surface area contributed by atoms with Crippen molar-refractivity contribution >= 4 is 11.9 Å². The van der Waals surface area contributed by atoms with Crippen LogP contribution in [-0.2, 0) is 9.53 Å². The summed E-state index contributed by atoms with van der Waals surface area (Å²) in [6.07, 6.45) is 11.4. The van der Waals surface area contributed by atoms with Crippen LogP contribution in [0.25, 0.3) is 0 Å². The van der Waals surface area contributed by atoms with Gasteiger partial charge in [-0.25, -0.2) is 0 Å². The minimum absolute atomic E-state index is 0.107. The quantitative estimate of drug-likeness (QED) is 0.280. The smallest absolute Gasteiger partial charge is 0.305 e. The second-order valence-corrected chi connectivity index (χ2v) is 6.65. The molecule has 0 unspecified atom stereocenters. The highest BCUT2D eigenvalue weighted by atomic mass is 16.5. The van der Waals surface area contributed by atoms with E-state index in [9.17, 15) is 4.79 Å². The van der Waals surface area contributed by atoms with E-state index in [0.717, 1.165) is 44.7 Å². The first-order chi connectivity index (χ1) is 11.2. The summed E-state index contributed by atoms with van der Waals surface area (Å²) in [5.74, 6) is 0.809. The predicted molar refractivity (Wildman–Crippen MR) is 95.7 cm³/mol. The fraction of sp³-hybridized carbons (Fsp3) is 0.889. The SMILES string of the molecule is CCC1(CNC(=NC)NCCCCCCC(=O)OC)CCCC1. The molecule has 0 aromatic heterocycles. The molecule has 0 aromatic carbocycles. The second-order valence-electron chi connectivity index (χ2n) is 6.65. The van der Waals surface area contributed by atoms with Crippen molar-refractivity contribution in [2.24, 2.45) is 10.4 Å². The molecule has 0 bridgehead atoms. The van der Waals surface area contributed by atoms with Crippen LogP contribution in [0.5, 0.6) is 0 Å². The zero-order valence-electron chi connectivity index (χ0n) is 15.2. The van der Waals surface area contributed by atoms with Gasteiger partial charge in [0.05, 0.1) is 7.11 Å². The second kappa shape index (κ2) is 11.3. The summed E-state index contributed by atoms with van der Waals surface area (Å²) in [5.41, 5.74) is 0.478. The van der Waals surface area contributed by atoms with Gasteiger partial charge in [-0.3, -0.25) is 9.79 Å². The summed E-state index contributed by atoms with van der Waals surface area (Å²) in [6.45, 7) is 4.26. The Kier molecular flexibility index (Phi) is 9.72. The molecule has 0 aliphatic heterocycles. The van der Waals surface area contributed by atoms with Gasteiger partial charge in [0.2, 0.25) is 0 Å². The molecule has 1 rings (SSSR count). The van der Waals surface area contributed by atoms with Gasteiger partial charge in [-0.05, 0) is 37.5 Å². The van der Waals surface area contributed by atoms with Gasteiger partial charge in [0.25, 0.3) is 0 Å². The van der Waals surface area contributed by atoms with E-state index in [2.05, 4.69) is 27.3 Å². The van der Waals surface area contributed by atoms with E-state index in [1.807, 2.05) is 7.05 Å². The topological polar surface area (TPSA) is 62.7 Å². The number of nitrogens with zero attached hydrogens (tertiary/aromatic N) is 1. The molecule has 0 amide bonds. The molecule has 0 saturated heterocycles. The molecule has 1 saturated carbocycles. The molecular weight excluding hydrogens is 290 g/mol. The van der Waals surface area contributed by atoms with Gasteiger partial charge in [0.15, 0.2) is 5.96 Å². The van der Waals surface area contributed by atoms with Crippen molar-refractivity contribution in [3.8, 4) is 0 Å². The van der Waals surface area contributed by atoms with Crippen LogP contribution >= 0.6 is 0 Å². The first-order valence-corrected chi connectivity index (χ1v) is 9.17. The Morgan fingerprint density at radius 2 is 1.83 bits per heavy atom. The van der Waals surface area contributed by atoms with Crippen molar-refractivity contribution in [2.45, 2.75) is 71.1 Å². The third-order valence-electron chi connectivity index (χ3n) is 5.10. The van der Waals surface area contributed by atoms with Crippen molar-refractivity contribution < 1.29 is 9.53 Å². The number of guanidine groups is 1. The molecular formula is C18H35N3O2. The molecule has 134 valence electrons. The number of unbranched alkanes of at least 4 members (excludes halogenated alkanes) is 3. The lowest BCUT2D eigenvalue weighted by Crippen LogP contribution is -2.43. The van der Waals surface area contributed by atoms with Crippen LogP contribution in [0.15, 0.2) is 4.99 Å². The van der Waals surface area contributed by atoms with Crippen LogP contribution < -0.4 is 10.6 Å². The summed E-state index contributed by atoms with van der Waals surface area (Å²) < 4.78 is 4.64. The number of ether oxygens (including phenoxy) is 1. The highest BCUT2D eigenvalue weighted by Crippen LogP contribution is 2.40. The maximum Gasteiger partial charge on any atom is 0.305 e. The molecule has 23 heavy (non-hydrogen) atoms. The normalized spacial score (nSPS) is 17.1. The average Bonchev–Trinajstić information content (AvgIpc) is 3.05. The van der Waals surface area contributed by atoms with E-state index in [-0.39, 0.29) is 5.97 Å². The molecule has 0 aromatic rings. The van der Waals surface area contributed by atoms with E-state index in [1.165, 1.54) is 39.2 Å². The van der Waals surface area contributed by atoms with Crippen LogP contribution in [0.2, 0.25) is 0 Å². The monoisotopic (exact) mass is 325 g/mol. The van der Waals surface area contributed by atoms with Gasteiger partial charge in [-0.2, -0.15) is 0 Å². The lowest BCUT2D eigenvalue weighted by Gasteiger charge is -2.28. The van der Waals surface area contributed by atoms with Crippen LogP contribution in [0.3, 0.4) is 0 Å². The van der Waals surface area contributed by atoms with E-state index in [1.54, 1.807) is 0 Å². The summed E-state index contributed by atoms with van der Waals surface area (Å²) in [6, 6.07) is 0. The standard InChI is InChI=1S/C18H35N3O2/c1-4-18(12-8-9-13-18)15-21-17(19-2)20-14-10-6-5-7-11-16(22)23-3/h4-15H2,1-3H3,(H2,19,20,21). The summed E-state index contributed by atoms with van der Waals surface area (Å²) in [5, 5.41) is 6.90. The van der Waals surface area contributed by atoms with Gasteiger partial charge in [-0.1, -0.05) is 32.6 Å². The summed E-state index contributed by atoms with van der Waals surface area (Å²) in [7, 11) is 3.28. The number of methoxy groups -OCH3 is 1. The van der Waals surface area contributed by atoms with Crippen molar-refractivity contribution in [3.05, 3.63) is 0 Å². The molecule has 2 N–H and O–H groups in total. The molecule has 0 radical (unpaired) electrons. The molecule has 5 nitrogen and oxygen atoms in total. The number of hydrogen-bond acceptors (Lipinski definition) is 3. The third-order valence-corrected chi connectivity index (χ3v) is 5.10. The molecule has 5 heteroatoms. The van der Waals surface area contributed by atoms with Gasteiger partial charge in [0, 0.05) is 26.6 Å². The minimum atomic E-state index is -0.107. The minimum Gasteiger partial charge on any atom is -0.469 e. The molecule has 0 atom stereocenters. The van der Waals surface area contributed by atoms with E-state index >= 15 is 0 Å². The fourth-order valence-corrected chi connectivity index (χ4v) is 3.33. The Balaban J connectivity index is 2.09. The van der Waals surface area contributed by atoms with Crippen LogP contribution in [0, 0.1) is 5.41 Å². The number of esters is 1. The van der Waals surface area contributed by atoms with Gasteiger partial charge in [0.1, 0.15) is 0 Å². The Morgan fingerprint density at radius 1 is 1.13 bits per heavy atom. The molecule has 1 fully saturated rings. The number of rotatable bonds is 10. The maximum absolute atomic E-state index is 11.0. The Hall–Kier alpha value is -1.26. The summed E-state index contributed by atoms with van der Waals surface area (Å²) in [4.78, 5) is 15.3. The van der Waals surface area contributed by atoms with Crippen molar-refractivity contribution in [3.63, 3.8) is 0 Å². The highest BCUT2D eigenvalue weighted by Gasteiger charge is 2.31. The van der Waals surface area contributed by atoms with Crippen molar-refractivity contribution in [1.82, 2.24) is 10.6 Å². The number of nitrogens with one attached hydrogen (secondary N) is 2. The summed E-state index contributed by atoms with van der Waals surface area (Å²) >= 11 is 0. The van der Waals surface area contributed by atoms with E-state index in [4.69, 9.17) is 0 Å². The fourth-order valence-electron chi connectivity index (χ4n) is 3.33. The van der Waals surface area contributed by atoms with Gasteiger partial charge in [-0.15, -0.1) is 0 Å². The average molecular weight is 325 g/mol. The van der Waals surface area contributed by atoms with Gasteiger partial charge < -0.3 is 15.4 Å². The molecule has 1 aliphatic rings. The Labute approximate surface area is 141 Å². The first-order valence-electron chi connectivity index (χ1n) is 9.17. The Bertz CT molecular complexity index is 363. The molecule has 0 heterocycles. The zero-order valence-corrected chi connectivity index (χ0v) is 15.2. The molecule has 1 aliphatic carbocycles. The number of aliphatic imine (C=N–C) groups is 1. The van der Waals surface area contributed by atoms with E-state index in [0.29, 0.717) is 11.8 Å². The highest BCUT2D eigenvalue weighted by molar-refractivity contribution is 5.79. The lowest BCUT2D eigenvalue weighted by atomic mass is 9.83. The van der Waals surface area contributed by atoms with Crippen molar-refractivity contribution in [1.29, 1.82) is 0 Å². The van der Waals surface area contributed by atoms with Crippen LogP contribution in [0.1, 0.15) is 71.1 Å².